The van der Waals surface area contributed by atoms with Gasteiger partial charge in [0, 0.05) is 19.7 Å². The van der Waals surface area contributed by atoms with Gasteiger partial charge in [0.05, 0.1) is 6.61 Å². The Morgan fingerprint density at radius 2 is 2.04 bits per heavy atom. The summed E-state index contributed by atoms with van der Waals surface area (Å²) in [6.07, 6.45) is 7.37. The summed E-state index contributed by atoms with van der Waals surface area (Å²) in [6, 6.07) is 0.370. The number of ether oxygens (including phenoxy) is 2. The minimum Gasteiger partial charge on any atom is -0.444 e. The van der Waals surface area contributed by atoms with Gasteiger partial charge in [0.1, 0.15) is 5.60 Å². The fourth-order valence-electron chi connectivity index (χ4n) is 4.24. The molecule has 2 rings (SSSR count). The second-order valence-electron chi connectivity index (χ2n) is 8.57. The van der Waals surface area contributed by atoms with Crippen molar-refractivity contribution in [1.82, 2.24) is 10.6 Å². The average Bonchev–Trinajstić information content (AvgIpc) is 3.09. The Morgan fingerprint density at radius 3 is 2.62 bits per heavy atom. The van der Waals surface area contributed by atoms with Gasteiger partial charge in [0.25, 0.3) is 0 Å². The van der Waals surface area contributed by atoms with Crippen LogP contribution in [0.3, 0.4) is 0 Å². The van der Waals surface area contributed by atoms with Crippen LogP contribution >= 0.6 is 0 Å². The highest BCUT2D eigenvalue weighted by Crippen LogP contribution is 2.47. The minimum atomic E-state index is -0.440. The third kappa shape index (κ3) is 6.60. The van der Waals surface area contributed by atoms with Crippen LogP contribution in [0.2, 0.25) is 0 Å². The first-order valence-corrected chi connectivity index (χ1v) is 9.56. The number of amides is 1. The molecule has 0 aromatic carbocycles. The van der Waals surface area contributed by atoms with Gasteiger partial charge < -0.3 is 20.1 Å². The molecule has 0 spiro atoms. The normalized spacial score (nSPS) is 27.2. The van der Waals surface area contributed by atoms with E-state index < -0.39 is 5.60 Å². The standard InChI is InChI=1S/C19H36N2O3/c1-19(2,3)24-18(22)20-9-5-6-17(13-23-4)21-12-16-11-14-7-8-15(16)10-14/h14-17,21H,5-13H2,1-4H3,(H,20,22). The smallest absolute Gasteiger partial charge is 0.407 e. The van der Waals surface area contributed by atoms with E-state index in [1.54, 1.807) is 7.11 Å². The quantitative estimate of drug-likeness (QED) is 0.632. The molecule has 2 aliphatic rings. The molecule has 1 amide bonds. The lowest BCUT2D eigenvalue weighted by Crippen LogP contribution is -2.39. The second kappa shape index (κ2) is 9.04. The number of alkyl carbamates (subject to hydrolysis) is 1. The number of nitrogens with one attached hydrogen (secondary N) is 2. The highest BCUT2D eigenvalue weighted by molar-refractivity contribution is 5.67. The van der Waals surface area contributed by atoms with Crippen LogP contribution in [0.4, 0.5) is 4.79 Å². The monoisotopic (exact) mass is 340 g/mol. The van der Waals surface area contributed by atoms with E-state index in [9.17, 15) is 4.79 Å². The van der Waals surface area contributed by atoms with Gasteiger partial charge in [-0.05, 0) is 77.2 Å². The zero-order chi connectivity index (χ0) is 17.6. The Bertz CT molecular complexity index is 395. The number of carbonyl (C=O) groups is 1. The largest absolute Gasteiger partial charge is 0.444 e. The molecule has 0 heterocycles. The van der Waals surface area contributed by atoms with Crippen LogP contribution in [-0.2, 0) is 9.47 Å². The summed E-state index contributed by atoms with van der Waals surface area (Å²) >= 11 is 0. The van der Waals surface area contributed by atoms with Crippen molar-refractivity contribution in [3.8, 4) is 0 Å². The van der Waals surface area contributed by atoms with Crippen molar-refractivity contribution in [2.24, 2.45) is 17.8 Å². The number of fused-ring (bicyclic) bond motifs is 2. The van der Waals surface area contributed by atoms with Crippen LogP contribution in [0.15, 0.2) is 0 Å². The molecule has 0 radical (unpaired) electrons. The van der Waals surface area contributed by atoms with Crippen molar-refractivity contribution in [2.75, 3.05) is 26.8 Å². The van der Waals surface area contributed by atoms with E-state index in [2.05, 4.69) is 10.6 Å². The van der Waals surface area contributed by atoms with Gasteiger partial charge >= 0.3 is 6.09 Å². The van der Waals surface area contributed by atoms with Crippen LogP contribution in [0, 0.1) is 17.8 Å². The molecule has 0 aromatic rings. The summed E-state index contributed by atoms with van der Waals surface area (Å²) in [5, 5.41) is 6.53. The average molecular weight is 341 g/mol. The first kappa shape index (κ1) is 19.5. The second-order valence-corrected chi connectivity index (χ2v) is 8.57. The van der Waals surface area contributed by atoms with Gasteiger partial charge in [-0.1, -0.05) is 6.42 Å². The molecule has 4 unspecified atom stereocenters. The minimum absolute atomic E-state index is 0.333. The Balaban J connectivity index is 1.59. The summed E-state index contributed by atoms with van der Waals surface area (Å²) < 4.78 is 10.6. The topological polar surface area (TPSA) is 59.6 Å². The summed E-state index contributed by atoms with van der Waals surface area (Å²) in [5.41, 5.74) is -0.440. The molecule has 0 aliphatic heterocycles. The summed E-state index contributed by atoms with van der Waals surface area (Å²) in [7, 11) is 1.76. The van der Waals surface area contributed by atoms with Crippen molar-refractivity contribution in [2.45, 2.75) is 70.9 Å². The number of carbonyl (C=O) groups excluding carboxylic acids is 1. The van der Waals surface area contributed by atoms with Crippen LogP contribution in [0.1, 0.15) is 59.3 Å². The lowest BCUT2D eigenvalue weighted by Gasteiger charge is -2.25. The summed E-state index contributed by atoms with van der Waals surface area (Å²) in [6.45, 7) is 8.12. The van der Waals surface area contributed by atoms with E-state index >= 15 is 0 Å². The third-order valence-electron chi connectivity index (χ3n) is 5.32. The van der Waals surface area contributed by atoms with E-state index in [1.165, 1.54) is 25.7 Å². The predicted octanol–water partition coefficient (Wildman–Crippen LogP) is 3.33. The van der Waals surface area contributed by atoms with Crippen LogP contribution in [0.25, 0.3) is 0 Å². The van der Waals surface area contributed by atoms with Crippen LogP contribution in [-0.4, -0.2) is 44.5 Å². The van der Waals surface area contributed by atoms with Crippen LogP contribution < -0.4 is 10.6 Å². The van der Waals surface area contributed by atoms with E-state index in [1.807, 2.05) is 20.8 Å². The fourth-order valence-corrected chi connectivity index (χ4v) is 4.24. The molecular formula is C19H36N2O3. The predicted molar refractivity (Wildman–Crippen MR) is 96.1 cm³/mol. The Morgan fingerprint density at radius 1 is 1.25 bits per heavy atom. The van der Waals surface area contributed by atoms with E-state index in [-0.39, 0.29) is 6.09 Å². The molecule has 2 N–H and O–H groups in total. The lowest BCUT2D eigenvalue weighted by atomic mass is 9.88. The molecule has 2 fully saturated rings. The summed E-state index contributed by atoms with van der Waals surface area (Å²) in [5.74, 6) is 2.82. The zero-order valence-corrected chi connectivity index (χ0v) is 15.9. The van der Waals surface area contributed by atoms with Crippen molar-refractivity contribution in [1.29, 1.82) is 0 Å². The molecule has 0 aromatic heterocycles. The molecular weight excluding hydrogens is 304 g/mol. The molecule has 24 heavy (non-hydrogen) atoms. The van der Waals surface area contributed by atoms with Crippen molar-refractivity contribution in [3.05, 3.63) is 0 Å². The zero-order valence-electron chi connectivity index (χ0n) is 15.9. The Hall–Kier alpha value is -0.810. The maximum atomic E-state index is 11.6. The lowest BCUT2D eigenvalue weighted by molar-refractivity contribution is 0.0526. The van der Waals surface area contributed by atoms with Crippen molar-refractivity contribution >= 4 is 6.09 Å². The van der Waals surface area contributed by atoms with E-state index in [0.717, 1.165) is 43.7 Å². The molecule has 2 saturated carbocycles. The van der Waals surface area contributed by atoms with Gasteiger partial charge in [0.15, 0.2) is 0 Å². The molecule has 5 heteroatoms. The maximum Gasteiger partial charge on any atom is 0.407 e. The number of rotatable bonds is 9. The Kier molecular flexibility index (Phi) is 7.35. The number of hydrogen-bond acceptors (Lipinski definition) is 4. The van der Waals surface area contributed by atoms with Gasteiger partial charge in [-0.3, -0.25) is 0 Å². The number of hydrogen-bond donors (Lipinski definition) is 2. The molecule has 0 saturated heterocycles. The molecule has 2 bridgehead atoms. The Labute approximate surface area is 147 Å². The molecule has 5 nitrogen and oxygen atoms in total. The van der Waals surface area contributed by atoms with Gasteiger partial charge in [-0.15, -0.1) is 0 Å². The van der Waals surface area contributed by atoms with Gasteiger partial charge in [-0.2, -0.15) is 0 Å². The molecule has 140 valence electrons. The third-order valence-corrected chi connectivity index (χ3v) is 5.32. The van der Waals surface area contributed by atoms with Gasteiger partial charge in [0.2, 0.25) is 0 Å². The molecule has 2 aliphatic carbocycles. The highest BCUT2D eigenvalue weighted by Gasteiger charge is 2.39. The van der Waals surface area contributed by atoms with Crippen molar-refractivity contribution in [3.63, 3.8) is 0 Å². The SMILES string of the molecule is COCC(CCCNC(=O)OC(C)(C)C)NCC1CC2CCC1C2. The highest BCUT2D eigenvalue weighted by atomic mass is 16.6. The van der Waals surface area contributed by atoms with E-state index in [4.69, 9.17) is 9.47 Å². The first-order chi connectivity index (χ1) is 11.4. The summed E-state index contributed by atoms with van der Waals surface area (Å²) in [4.78, 5) is 11.6. The van der Waals surface area contributed by atoms with Crippen LogP contribution in [0.5, 0.6) is 0 Å². The molecule has 4 atom stereocenters. The van der Waals surface area contributed by atoms with E-state index in [0.29, 0.717) is 12.6 Å². The van der Waals surface area contributed by atoms with Gasteiger partial charge in [-0.25, -0.2) is 4.79 Å². The first-order valence-electron chi connectivity index (χ1n) is 9.56. The fraction of sp³-hybridized carbons (Fsp3) is 0.947. The number of methoxy groups -OCH3 is 1. The van der Waals surface area contributed by atoms with Crippen molar-refractivity contribution < 1.29 is 14.3 Å². The maximum absolute atomic E-state index is 11.6.